The Morgan fingerprint density at radius 3 is 2.43 bits per heavy atom. The third kappa shape index (κ3) is 2.86. The van der Waals surface area contributed by atoms with Gasteiger partial charge in [-0.1, -0.05) is 12.1 Å². The number of anilines is 1. The quantitative estimate of drug-likeness (QED) is 0.918. The maximum Gasteiger partial charge on any atom is 0.235 e. The number of amides is 1. The Labute approximate surface area is 134 Å². The average molecular weight is 315 g/mol. The number of hydrogen-bond donors (Lipinski definition) is 1. The molecule has 0 saturated heterocycles. The first-order chi connectivity index (χ1) is 11.1. The third-order valence-electron chi connectivity index (χ3n) is 4.20. The molecular formula is C18H18FNO3. The summed E-state index contributed by atoms with van der Waals surface area (Å²) < 4.78 is 23.8. The van der Waals surface area contributed by atoms with Gasteiger partial charge in [0.05, 0.1) is 19.6 Å². The molecule has 0 bridgehead atoms. The fourth-order valence-electron chi connectivity index (χ4n) is 2.72. The van der Waals surface area contributed by atoms with Gasteiger partial charge in [-0.15, -0.1) is 0 Å². The number of benzene rings is 2. The predicted octanol–water partition coefficient (Wildman–Crippen LogP) is 3.51. The van der Waals surface area contributed by atoms with E-state index in [9.17, 15) is 9.18 Å². The second-order valence-electron chi connectivity index (χ2n) is 5.62. The number of halogens is 1. The van der Waals surface area contributed by atoms with Crippen LogP contribution in [0.1, 0.15) is 18.4 Å². The second-order valence-corrected chi connectivity index (χ2v) is 5.62. The number of hydrogen-bond acceptors (Lipinski definition) is 3. The minimum Gasteiger partial charge on any atom is -0.493 e. The monoisotopic (exact) mass is 315 g/mol. The molecule has 0 spiro atoms. The molecule has 3 rings (SSSR count). The number of methoxy groups -OCH3 is 2. The van der Waals surface area contributed by atoms with Crippen LogP contribution in [-0.4, -0.2) is 20.1 Å². The van der Waals surface area contributed by atoms with Crippen LogP contribution >= 0.6 is 0 Å². The summed E-state index contributed by atoms with van der Waals surface area (Å²) >= 11 is 0. The average Bonchev–Trinajstić information content (AvgIpc) is 3.36. The minimum absolute atomic E-state index is 0.129. The molecule has 2 aromatic carbocycles. The Hall–Kier alpha value is -2.56. The van der Waals surface area contributed by atoms with E-state index in [0.29, 0.717) is 17.2 Å². The highest BCUT2D eigenvalue weighted by Crippen LogP contribution is 2.50. The molecule has 0 aromatic heterocycles. The fourth-order valence-corrected chi connectivity index (χ4v) is 2.72. The van der Waals surface area contributed by atoms with Crippen LogP contribution in [0.2, 0.25) is 0 Å². The number of ether oxygens (including phenoxy) is 2. The van der Waals surface area contributed by atoms with Crippen molar-refractivity contribution >= 4 is 11.6 Å². The van der Waals surface area contributed by atoms with Gasteiger partial charge in [-0.25, -0.2) is 4.39 Å². The van der Waals surface area contributed by atoms with Crippen molar-refractivity contribution < 1.29 is 18.7 Å². The Morgan fingerprint density at radius 2 is 1.83 bits per heavy atom. The lowest BCUT2D eigenvalue weighted by Crippen LogP contribution is -2.27. The summed E-state index contributed by atoms with van der Waals surface area (Å²) in [6.07, 6.45) is 1.51. The number of carbonyl (C=O) groups is 1. The topological polar surface area (TPSA) is 47.6 Å². The summed E-state index contributed by atoms with van der Waals surface area (Å²) in [5.74, 6) is 0.710. The van der Waals surface area contributed by atoms with Crippen LogP contribution in [-0.2, 0) is 10.2 Å². The lowest BCUT2D eigenvalue weighted by Gasteiger charge is -2.18. The third-order valence-corrected chi connectivity index (χ3v) is 4.20. The van der Waals surface area contributed by atoms with Gasteiger partial charge >= 0.3 is 0 Å². The SMILES string of the molecule is COc1ccc(C2(C(=O)Nc3cccc(F)c3)CC2)cc1OC. The van der Waals surface area contributed by atoms with Crippen LogP contribution in [0.25, 0.3) is 0 Å². The first-order valence-electron chi connectivity index (χ1n) is 7.38. The maximum absolute atomic E-state index is 13.3. The molecule has 1 saturated carbocycles. The predicted molar refractivity (Wildman–Crippen MR) is 85.5 cm³/mol. The minimum atomic E-state index is -0.578. The number of rotatable bonds is 5. The molecular weight excluding hydrogens is 297 g/mol. The first-order valence-corrected chi connectivity index (χ1v) is 7.38. The van der Waals surface area contributed by atoms with Gasteiger partial charge in [-0.3, -0.25) is 4.79 Å². The highest BCUT2D eigenvalue weighted by molar-refractivity contribution is 6.01. The zero-order valence-electron chi connectivity index (χ0n) is 13.1. The molecule has 1 fully saturated rings. The van der Waals surface area contributed by atoms with E-state index in [2.05, 4.69) is 5.32 Å². The molecule has 1 aliphatic rings. The first kappa shape index (κ1) is 15.3. The molecule has 0 heterocycles. The zero-order valence-corrected chi connectivity index (χ0v) is 13.1. The lowest BCUT2D eigenvalue weighted by molar-refractivity contribution is -0.118. The molecule has 5 heteroatoms. The van der Waals surface area contributed by atoms with E-state index in [-0.39, 0.29) is 11.7 Å². The van der Waals surface area contributed by atoms with Crippen LogP contribution in [0.4, 0.5) is 10.1 Å². The van der Waals surface area contributed by atoms with Gasteiger partial charge < -0.3 is 14.8 Å². The largest absolute Gasteiger partial charge is 0.493 e. The van der Waals surface area contributed by atoms with E-state index < -0.39 is 5.41 Å². The zero-order chi connectivity index (χ0) is 16.4. The molecule has 120 valence electrons. The van der Waals surface area contributed by atoms with Crippen LogP contribution in [0, 0.1) is 5.82 Å². The van der Waals surface area contributed by atoms with Crippen molar-refractivity contribution in [3.63, 3.8) is 0 Å². The van der Waals surface area contributed by atoms with Gasteiger partial charge in [0.2, 0.25) is 5.91 Å². The Bertz CT molecular complexity index is 741. The molecule has 0 radical (unpaired) electrons. The molecule has 0 unspecified atom stereocenters. The molecule has 1 amide bonds. The van der Waals surface area contributed by atoms with Crippen LogP contribution < -0.4 is 14.8 Å². The Morgan fingerprint density at radius 1 is 1.09 bits per heavy atom. The maximum atomic E-state index is 13.3. The summed E-state index contributed by atoms with van der Waals surface area (Å²) in [4.78, 5) is 12.7. The molecule has 0 atom stereocenters. The van der Waals surface area contributed by atoms with Crippen molar-refractivity contribution in [2.75, 3.05) is 19.5 Å². The number of nitrogens with one attached hydrogen (secondary N) is 1. The number of carbonyl (C=O) groups excluding carboxylic acids is 1. The molecule has 4 nitrogen and oxygen atoms in total. The standard InChI is InChI=1S/C18H18FNO3/c1-22-15-7-6-12(10-16(15)23-2)18(8-9-18)17(21)20-14-5-3-4-13(19)11-14/h3-7,10-11H,8-9H2,1-2H3,(H,20,21). The van der Waals surface area contributed by atoms with Crippen LogP contribution in [0.15, 0.2) is 42.5 Å². The molecule has 1 aliphatic carbocycles. The normalized spacial score (nSPS) is 14.9. The van der Waals surface area contributed by atoms with Crippen molar-refractivity contribution in [1.29, 1.82) is 0 Å². The molecule has 2 aromatic rings. The van der Waals surface area contributed by atoms with E-state index in [1.165, 1.54) is 12.1 Å². The van der Waals surface area contributed by atoms with Crippen LogP contribution in [0.5, 0.6) is 11.5 Å². The fraction of sp³-hybridized carbons (Fsp3) is 0.278. The van der Waals surface area contributed by atoms with Gasteiger partial charge in [0.1, 0.15) is 5.82 Å². The summed E-state index contributed by atoms with van der Waals surface area (Å²) in [7, 11) is 3.13. The molecule has 1 N–H and O–H groups in total. The molecule has 0 aliphatic heterocycles. The van der Waals surface area contributed by atoms with Gasteiger partial charge in [0, 0.05) is 5.69 Å². The van der Waals surface area contributed by atoms with Gasteiger partial charge in [-0.05, 0) is 48.7 Å². The van der Waals surface area contributed by atoms with E-state index in [1.54, 1.807) is 32.4 Å². The van der Waals surface area contributed by atoms with E-state index in [4.69, 9.17) is 9.47 Å². The Kier molecular flexibility index (Phi) is 3.94. The van der Waals surface area contributed by atoms with Crippen molar-refractivity contribution in [2.24, 2.45) is 0 Å². The van der Waals surface area contributed by atoms with Crippen LogP contribution in [0.3, 0.4) is 0 Å². The van der Waals surface area contributed by atoms with Crippen molar-refractivity contribution in [2.45, 2.75) is 18.3 Å². The summed E-state index contributed by atoms with van der Waals surface area (Å²) in [6.45, 7) is 0. The lowest BCUT2D eigenvalue weighted by atomic mass is 9.94. The van der Waals surface area contributed by atoms with Crippen molar-refractivity contribution in [1.82, 2.24) is 0 Å². The summed E-state index contributed by atoms with van der Waals surface area (Å²) in [5.41, 5.74) is 0.761. The van der Waals surface area contributed by atoms with E-state index >= 15 is 0 Å². The van der Waals surface area contributed by atoms with Gasteiger partial charge in [0.15, 0.2) is 11.5 Å². The summed E-state index contributed by atoms with van der Waals surface area (Å²) in [5, 5.41) is 2.80. The highest BCUT2D eigenvalue weighted by atomic mass is 19.1. The summed E-state index contributed by atoms with van der Waals surface area (Å²) in [6, 6.07) is 11.4. The van der Waals surface area contributed by atoms with Crippen molar-refractivity contribution in [3.8, 4) is 11.5 Å². The van der Waals surface area contributed by atoms with E-state index in [1.807, 2.05) is 12.1 Å². The Balaban J connectivity index is 1.85. The second kappa shape index (κ2) is 5.91. The molecule has 23 heavy (non-hydrogen) atoms. The van der Waals surface area contributed by atoms with E-state index in [0.717, 1.165) is 18.4 Å². The van der Waals surface area contributed by atoms with Crippen molar-refractivity contribution in [3.05, 3.63) is 53.8 Å². The smallest absolute Gasteiger partial charge is 0.235 e. The highest BCUT2D eigenvalue weighted by Gasteiger charge is 2.51. The van der Waals surface area contributed by atoms with Gasteiger partial charge in [-0.2, -0.15) is 0 Å². The van der Waals surface area contributed by atoms with Gasteiger partial charge in [0.25, 0.3) is 0 Å².